The third-order valence-corrected chi connectivity index (χ3v) is 1.92. The molecule has 3 N–H and O–H groups in total. The van der Waals surface area contributed by atoms with Gasteiger partial charge in [-0.25, -0.2) is 4.68 Å². The van der Waals surface area contributed by atoms with Crippen LogP contribution in [0.3, 0.4) is 0 Å². The molecule has 0 aliphatic heterocycles. The van der Waals surface area contributed by atoms with Gasteiger partial charge in [-0.2, -0.15) is 0 Å². The first kappa shape index (κ1) is 10.2. The predicted molar refractivity (Wildman–Crippen MR) is 59.5 cm³/mol. The molecule has 0 bridgehead atoms. The highest BCUT2D eigenvalue weighted by atomic mass is 16.2. The van der Waals surface area contributed by atoms with E-state index in [-0.39, 0.29) is 12.5 Å². The molecule has 0 fully saturated rings. The number of nitrogens with zero attached hydrogens (tertiary/aromatic N) is 3. The van der Waals surface area contributed by atoms with Crippen molar-refractivity contribution >= 4 is 17.4 Å². The number of nitrogen functional groups attached to an aromatic ring is 1. The fraction of sp³-hybridized carbons (Fsp3) is 0.100. The third-order valence-electron chi connectivity index (χ3n) is 1.92. The van der Waals surface area contributed by atoms with Crippen LogP contribution in [0.25, 0.3) is 0 Å². The van der Waals surface area contributed by atoms with E-state index in [1.165, 1.54) is 10.9 Å². The minimum atomic E-state index is -0.170. The van der Waals surface area contributed by atoms with Gasteiger partial charge in [0.05, 0.1) is 6.20 Å². The number of carbonyl (C=O) groups is 1. The number of para-hydroxylation sites is 1. The normalized spacial score (nSPS) is 10.0. The summed E-state index contributed by atoms with van der Waals surface area (Å²) in [6.45, 7) is 0.0963. The molecule has 0 radical (unpaired) electrons. The highest BCUT2D eigenvalue weighted by Crippen LogP contribution is 2.04. The van der Waals surface area contributed by atoms with Crippen molar-refractivity contribution < 1.29 is 4.79 Å². The summed E-state index contributed by atoms with van der Waals surface area (Å²) in [4.78, 5) is 11.6. The number of hydrogen-bond acceptors (Lipinski definition) is 4. The quantitative estimate of drug-likeness (QED) is 0.783. The van der Waals surface area contributed by atoms with Gasteiger partial charge in [0.1, 0.15) is 6.54 Å². The van der Waals surface area contributed by atoms with Crippen molar-refractivity contribution in [2.75, 3.05) is 11.1 Å². The average Bonchev–Trinajstić information content (AvgIpc) is 2.65. The van der Waals surface area contributed by atoms with Crippen molar-refractivity contribution in [2.45, 2.75) is 6.54 Å². The third kappa shape index (κ3) is 2.57. The monoisotopic (exact) mass is 217 g/mol. The fourth-order valence-corrected chi connectivity index (χ4v) is 1.26. The van der Waals surface area contributed by atoms with Crippen LogP contribution in [-0.2, 0) is 11.3 Å². The lowest BCUT2D eigenvalue weighted by atomic mass is 10.3. The van der Waals surface area contributed by atoms with Gasteiger partial charge in [-0.05, 0) is 12.1 Å². The van der Waals surface area contributed by atoms with Crippen molar-refractivity contribution in [3.8, 4) is 0 Å². The van der Waals surface area contributed by atoms with E-state index < -0.39 is 0 Å². The zero-order chi connectivity index (χ0) is 11.4. The first-order valence-electron chi connectivity index (χ1n) is 4.74. The molecule has 0 saturated carbocycles. The van der Waals surface area contributed by atoms with Gasteiger partial charge in [0.25, 0.3) is 0 Å². The molecule has 2 rings (SSSR count). The molecule has 0 unspecified atom stereocenters. The molecule has 2 aromatic rings. The number of carbonyl (C=O) groups excluding carboxylic acids is 1. The number of rotatable bonds is 3. The fourth-order valence-electron chi connectivity index (χ4n) is 1.26. The number of aromatic nitrogens is 3. The lowest BCUT2D eigenvalue weighted by Crippen LogP contribution is -2.19. The zero-order valence-corrected chi connectivity index (χ0v) is 8.50. The SMILES string of the molecule is Nc1cn(CC(=O)Nc2ccccc2)nn1. The number of amides is 1. The Bertz CT molecular complexity index is 479. The Morgan fingerprint density at radius 2 is 2.12 bits per heavy atom. The molecule has 0 aliphatic carbocycles. The summed E-state index contributed by atoms with van der Waals surface area (Å²) >= 11 is 0. The van der Waals surface area contributed by atoms with Gasteiger partial charge >= 0.3 is 0 Å². The second kappa shape index (κ2) is 4.43. The van der Waals surface area contributed by atoms with Crippen molar-refractivity contribution in [1.82, 2.24) is 15.0 Å². The van der Waals surface area contributed by atoms with E-state index in [1.54, 1.807) is 0 Å². The molecule has 6 heteroatoms. The van der Waals surface area contributed by atoms with Gasteiger partial charge in [0.2, 0.25) is 5.91 Å². The molecular weight excluding hydrogens is 206 g/mol. The van der Waals surface area contributed by atoms with Crippen LogP contribution >= 0.6 is 0 Å². The van der Waals surface area contributed by atoms with Crippen LogP contribution < -0.4 is 11.1 Å². The Morgan fingerprint density at radius 1 is 1.38 bits per heavy atom. The van der Waals surface area contributed by atoms with Gasteiger partial charge in [0, 0.05) is 5.69 Å². The largest absolute Gasteiger partial charge is 0.381 e. The summed E-state index contributed by atoms with van der Waals surface area (Å²) in [6.07, 6.45) is 1.50. The smallest absolute Gasteiger partial charge is 0.246 e. The number of benzene rings is 1. The Labute approximate surface area is 92.1 Å². The lowest BCUT2D eigenvalue weighted by Gasteiger charge is -2.03. The molecular formula is C10H11N5O. The zero-order valence-electron chi connectivity index (χ0n) is 8.50. The highest BCUT2D eigenvalue weighted by molar-refractivity contribution is 5.90. The van der Waals surface area contributed by atoms with Gasteiger partial charge in [-0.3, -0.25) is 4.79 Å². The molecule has 0 spiro atoms. The minimum absolute atomic E-state index is 0.0963. The van der Waals surface area contributed by atoms with Gasteiger partial charge in [-0.1, -0.05) is 23.4 Å². The van der Waals surface area contributed by atoms with E-state index >= 15 is 0 Å². The number of nitrogens with two attached hydrogens (primary N) is 1. The van der Waals surface area contributed by atoms with Crippen LogP contribution in [0.2, 0.25) is 0 Å². The summed E-state index contributed by atoms with van der Waals surface area (Å²) in [5, 5.41) is 10.00. The summed E-state index contributed by atoms with van der Waals surface area (Å²) in [5.41, 5.74) is 6.13. The first-order chi connectivity index (χ1) is 7.74. The van der Waals surface area contributed by atoms with Gasteiger partial charge in [0.15, 0.2) is 5.82 Å². The van der Waals surface area contributed by atoms with Gasteiger partial charge in [-0.15, -0.1) is 5.10 Å². The van der Waals surface area contributed by atoms with Crippen LogP contribution in [0.5, 0.6) is 0 Å². The van der Waals surface area contributed by atoms with Crippen molar-refractivity contribution in [3.05, 3.63) is 36.5 Å². The lowest BCUT2D eigenvalue weighted by molar-refractivity contribution is -0.116. The Morgan fingerprint density at radius 3 is 2.75 bits per heavy atom. The molecule has 1 heterocycles. The number of hydrogen-bond donors (Lipinski definition) is 2. The van der Waals surface area contributed by atoms with Crippen LogP contribution in [0, 0.1) is 0 Å². The topological polar surface area (TPSA) is 85.8 Å². The second-order valence-electron chi connectivity index (χ2n) is 3.26. The van der Waals surface area contributed by atoms with Crippen molar-refractivity contribution in [3.63, 3.8) is 0 Å². The predicted octanol–water partition coefficient (Wildman–Crippen LogP) is 0.499. The molecule has 1 aromatic heterocycles. The standard InChI is InChI=1S/C10H11N5O/c11-9-6-15(14-13-9)7-10(16)12-8-4-2-1-3-5-8/h1-6H,7,11H2,(H,12,16). The van der Waals surface area contributed by atoms with Crippen LogP contribution in [0.1, 0.15) is 0 Å². The molecule has 16 heavy (non-hydrogen) atoms. The molecule has 6 nitrogen and oxygen atoms in total. The maximum Gasteiger partial charge on any atom is 0.246 e. The summed E-state index contributed by atoms with van der Waals surface area (Å²) in [5.74, 6) is 0.128. The Balaban J connectivity index is 1.95. The maximum atomic E-state index is 11.6. The average molecular weight is 217 g/mol. The molecule has 1 amide bonds. The second-order valence-corrected chi connectivity index (χ2v) is 3.26. The number of anilines is 2. The van der Waals surface area contributed by atoms with Crippen molar-refractivity contribution in [1.29, 1.82) is 0 Å². The van der Waals surface area contributed by atoms with E-state index in [1.807, 2.05) is 30.3 Å². The van der Waals surface area contributed by atoms with Crippen molar-refractivity contribution in [2.24, 2.45) is 0 Å². The Hall–Kier alpha value is -2.37. The van der Waals surface area contributed by atoms with Crippen LogP contribution in [0.15, 0.2) is 36.5 Å². The highest BCUT2D eigenvalue weighted by Gasteiger charge is 2.04. The van der Waals surface area contributed by atoms with Crippen LogP contribution in [0.4, 0.5) is 11.5 Å². The molecule has 1 aromatic carbocycles. The summed E-state index contributed by atoms with van der Waals surface area (Å²) in [6, 6.07) is 9.21. The molecule has 0 atom stereocenters. The first-order valence-corrected chi connectivity index (χ1v) is 4.74. The Kier molecular flexibility index (Phi) is 2.81. The minimum Gasteiger partial charge on any atom is -0.381 e. The van der Waals surface area contributed by atoms with E-state index in [2.05, 4.69) is 15.6 Å². The molecule has 82 valence electrons. The van der Waals surface area contributed by atoms with Crippen LogP contribution in [-0.4, -0.2) is 20.9 Å². The molecule has 0 saturated heterocycles. The van der Waals surface area contributed by atoms with E-state index in [9.17, 15) is 4.79 Å². The van der Waals surface area contributed by atoms with Gasteiger partial charge < -0.3 is 11.1 Å². The van der Waals surface area contributed by atoms with E-state index in [0.29, 0.717) is 5.82 Å². The maximum absolute atomic E-state index is 11.6. The van der Waals surface area contributed by atoms with E-state index in [4.69, 9.17) is 5.73 Å². The van der Waals surface area contributed by atoms with E-state index in [0.717, 1.165) is 5.69 Å². The molecule has 0 aliphatic rings. The summed E-state index contributed by atoms with van der Waals surface area (Å²) in [7, 11) is 0. The number of nitrogens with one attached hydrogen (secondary N) is 1. The summed E-state index contributed by atoms with van der Waals surface area (Å²) < 4.78 is 1.38.